The summed E-state index contributed by atoms with van der Waals surface area (Å²) in [6.07, 6.45) is 10.6. The number of aliphatic hydroxyl groups excluding tert-OH is 1. The van der Waals surface area contributed by atoms with Crippen molar-refractivity contribution >= 4 is 17.5 Å². The highest BCUT2D eigenvalue weighted by Crippen LogP contribution is 2.38. The zero-order valence-corrected chi connectivity index (χ0v) is 20.0. The summed E-state index contributed by atoms with van der Waals surface area (Å²) in [5.74, 6) is 1.00. The highest BCUT2D eigenvalue weighted by atomic mass is 16.3. The summed E-state index contributed by atoms with van der Waals surface area (Å²) in [6, 6.07) is 11.9. The fourth-order valence-electron chi connectivity index (χ4n) is 5.63. The van der Waals surface area contributed by atoms with Crippen molar-refractivity contribution in [3.8, 4) is 17.3 Å². The van der Waals surface area contributed by atoms with Crippen LogP contribution in [-0.2, 0) is 6.54 Å². The quantitative estimate of drug-likeness (QED) is 0.525. The molecule has 0 spiro atoms. The van der Waals surface area contributed by atoms with Gasteiger partial charge in [-0.05, 0) is 74.8 Å². The van der Waals surface area contributed by atoms with E-state index in [4.69, 9.17) is 0 Å². The first-order chi connectivity index (χ1) is 17.6. The molecule has 2 bridgehead atoms. The molecule has 1 aromatic carbocycles. The summed E-state index contributed by atoms with van der Waals surface area (Å²) in [5, 5.41) is 27.1. The van der Waals surface area contributed by atoms with Crippen LogP contribution in [0, 0.1) is 23.2 Å². The number of anilines is 2. The van der Waals surface area contributed by atoms with Crippen LogP contribution in [-0.4, -0.2) is 53.8 Å². The Hall–Kier alpha value is -3.77. The van der Waals surface area contributed by atoms with E-state index < -0.39 is 0 Å². The SMILES string of the molecule is N#CC(Cn1cc(-c2ccnc(Nc3ccc(C(=O)N4C5CCC4CC(O)C5)cc3)n2)cn1)C1CC1. The maximum absolute atomic E-state index is 13.1. The number of carbonyl (C=O) groups is 1. The van der Waals surface area contributed by atoms with Crippen LogP contribution in [0.2, 0.25) is 0 Å². The first-order valence-electron chi connectivity index (χ1n) is 12.7. The summed E-state index contributed by atoms with van der Waals surface area (Å²) in [5.41, 5.74) is 3.05. The van der Waals surface area contributed by atoms with Crippen LogP contribution in [0.5, 0.6) is 0 Å². The lowest BCUT2D eigenvalue weighted by Crippen LogP contribution is -2.47. The van der Waals surface area contributed by atoms with Crippen molar-refractivity contribution < 1.29 is 9.90 Å². The van der Waals surface area contributed by atoms with E-state index in [1.54, 1.807) is 12.4 Å². The van der Waals surface area contributed by atoms with Crippen molar-refractivity contribution in [2.45, 2.75) is 63.3 Å². The fourth-order valence-corrected chi connectivity index (χ4v) is 5.63. The third kappa shape index (κ3) is 4.56. The normalized spacial score (nSPS) is 23.8. The standard InChI is InChI=1S/C27H29N7O2/c28-13-19(17-1-2-17)15-33-16-20(14-30-33)25-9-10-29-27(32-25)31-21-5-3-18(4-6-21)26(36)34-22-7-8-23(34)12-24(35)11-22/h3-6,9-10,14,16-17,19,22-24,35H,1-2,7-8,11-12,15H2,(H,29,31,32). The van der Waals surface area contributed by atoms with Crippen molar-refractivity contribution in [2.24, 2.45) is 11.8 Å². The summed E-state index contributed by atoms with van der Waals surface area (Å²) >= 11 is 0. The van der Waals surface area contributed by atoms with E-state index in [0.29, 0.717) is 36.8 Å². The monoisotopic (exact) mass is 483 g/mol. The Balaban J connectivity index is 1.12. The molecule has 1 aliphatic carbocycles. The fraction of sp³-hybridized carbons (Fsp3) is 0.444. The van der Waals surface area contributed by atoms with Gasteiger partial charge in [0.25, 0.3) is 5.91 Å². The van der Waals surface area contributed by atoms with Gasteiger partial charge in [-0.1, -0.05) is 0 Å². The first kappa shape index (κ1) is 22.7. The van der Waals surface area contributed by atoms with Crippen molar-refractivity contribution in [1.82, 2.24) is 24.6 Å². The van der Waals surface area contributed by atoms with Gasteiger partial charge in [-0.15, -0.1) is 0 Å². The number of amides is 1. The summed E-state index contributed by atoms with van der Waals surface area (Å²) in [4.78, 5) is 24.1. The Morgan fingerprint density at radius 2 is 1.89 bits per heavy atom. The van der Waals surface area contributed by atoms with Gasteiger partial charge in [0.1, 0.15) is 0 Å². The molecule has 6 rings (SSSR count). The number of benzene rings is 1. The van der Waals surface area contributed by atoms with Gasteiger partial charge in [0.15, 0.2) is 0 Å². The maximum atomic E-state index is 13.1. The summed E-state index contributed by atoms with van der Waals surface area (Å²) < 4.78 is 1.82. The minimum absolute atomic E-state index is 0.00639. The van der Waals surface area contributed by atoms with Crippen LogP contribution in [0.1, 0.15) is 48.9 Å². The molecule has 2 aromatic heterocycles. The number of nitrogens with zero attached hydrogens (tertiary/aromatic N) is 6. The Labute approximate surface area is 209 Å². The van der Waals surface area contributed by atoms with Gasteiger partial charge in [0.2, 0.25) is 5.95 Å². The average Bonchev–Trinajstić information content (AvgIpc) is 3.56. The van der Waals surface area contributed by atoms with E-state index >= 15 is 0 Å². The molecular formula is C27H29N7O2. The molecule has 2 aliphatic heterocycles. The minimum Gasteiger partial charge on any atom is -0.393 e. The summed E-state index contributed by atoms with van der Waals surface area (Å²) in [6.45, 7) is 0.599. The number of carbonyl (C=O) groups excluding carboxylic acids is 1. The topological polar surface area (TPSA) is 120 Å². The number of fused-ring (bicyclic) bond motifs is 2. The zero-order valence-electron chi connectivity index (χ0n) is 20.0. The molecule has 0 radical (unpaired) electrons. The minimum atomic E-state index is -0.291. The van der Waals surface area contributed by atoms with Crippen LogP contribution < -0.4 is 5.32 Å². The van der Waals surface area contributed by atoms with Gasteiger partial charge in [-0.3, -0.25) is 9.48 Å². The second-order valence-corrected chi connectivity index (χ2v) is 10.2. The van der Waals surface area contributed by atoms with E-state index in [9.17, 15) is 15.2 Å². The molecule has 3 aliphatic rings. The molecule has 2 saturated heterocycles. The van der Waals surface area contributed by atoms with Crippen LogP contribution >= 0.6 is 0 Å². The molecule has 3 atom stereocenters. The third-order valence-corrected chi connectivity index (χ3v) is 7.66. The molecule has 184 valence electrons. The zero-order chi connectivity index (χ0) is 24.6. The van der Waals surface area contributed by atoms with Gasteiger partial charge in [0.05, 0.1) is 36.5 Å². The maximum Gasteiger partial charge on any atom is 0.254 e. The van der Waals surface area contributed by atoms with Crippen molar-refractivity contribution in [1.29, 1.82) is 5.26 Å². The Morgan fingerprint density at radius 1 is 1.14 bits per heavy atom. The molecule has 1 amide bonds. The first-order valence-corrected chi connectivity index (χ1v) is 12.7. The summed E-state index contributed by atoms with van der Waals surface area (Å²) in [7, 11) is 0. The smallest absolute Gasteiger partial charge is 0.254 e. The second-order valence-electron chi connectivity index (χ2n) is 10.2. The predicted octanol–water partition coefficient (Wildman–Crippen LogP) is 3.76. The van der Waals surface area contributed by atoms with Gasteiger partial charge in [0, 0.05) is 41.3 Å². The Kier molecular flexibility index (Phi) is 5.89. The van der Waals surface area contributed by atoms with Gasteiger partial charge < -0.3 is 15.3 Å². The van der Waals surface area contributed by atoms with E-state index in [-0.39, 0.29) is 30.0 Å². The molecule has 9 nitrogen and oxygen atoms in total. The molecule has 3 fully saturated rings. The molecule has 3 unspecified atom stereocenters. The van der Waals surface area contributed by atoms with Gasteiger partial charge >= 0.3 is 0 Å². The molecule has 1 saturated carbocycles. The highest BCUT2D eigenvalue weighted by molar-refractivity contribution is 5.95. The second kappa shape index (κ2) is 9.36. The van der Waals surface area contributed by atoms with Gasteiger partial charge in [-0.2, -0.15) is 10.4 Å². The number of aliphatic hydroxyl groups is 1. The number of hydrogen-bond acceptors (Lipinski definition) is 7. The van der Waals surface area contributed by atoms with E-state index in [1.165, 1.54) is 0 Å². The molecule has 9 heteroatoms. The Morgan fingerprint density at radius 3 is 2.58 bits per heavy atom. The molecule has 4 heterocycles. The molecule has 36 heavy (non-hydrogen) atoms. The lowest BCUT2D eigenvalue weighted by atomic mass is 9.98. The molecular weight excluding hydrogens is 454 g/mol. The number of aromatic nitrogens is 4. The highest BCUT2D eigenvalue weighted by Gasteiger charge is 2.42. The lowest BCUT2D eigenvalue weighted by molar-refractivity contribution is 0.0287. The largest absolute Gasteiger partial charge is 0.393 e. The molecule has 3 aromatic rings. The van der Waals surface area contributed by atoms with Crippen molar-refractivity contribution in [3.05, 3.63) is 54.5 Å². The number of piperidine rings is 1. The predicted molar refractivity (Wildman–Crippen MR) is 133 cm³/mol. The molecule has 2 N–H and O–H groups in total. The number of hydrogen-bond donors (Lipinski definition) is 2. The van der Waals surface area contributed by atoms with Crippen LogP contribution in [0.15, 0.2) is 48.9 Å². The number of rotatable bonds is 7. The van der Waals surface area contributed by atoms with E-state index in [0.717, 1.165) is 42.6 Å². The Bertz CT molecular complexity index is 1280. The van der Waals surface area contributed by atoms with Crippen LogP contribution in [0.4, 0.5) is 11.6 Å². The van der Waals surface area contributed by atoms with E-state index in [1.807, 2.05) is 46.1 Å². The van der Waals surface area contributed by atoms with Crippen molar-refractivity contribution in [2.75, 3.05) is 5.32 Å². The lowest BCUT2D eigenvalue weighted by Gasteiger charge is -2.37. The number of nitrogens with one attached hydrogen (secondary N) is 1. The van der Waals surface area contributed by atoms with Crippen LogP contribution in [0.3, 0.4) is 0 Å². The van der Waals surface area contributed by atoms with E-state index in [2.05, 4.69) is 26.5 Å². The number of nitriles is 1. The van der Waals surface area contributed by atoms with Gasteiger partial charge in [-0.25, -0.2) is 9.97 Å². The van der Waals surface area contributed by atoms with Crippen LogP contribution in [0.25, 0.3) is 11.3 Å². The third-order valence-electron chi connectivity index (χ3n) is 7.66. The average molecular weight is 484 g/mol. The van der Waals surface area contributed by atoms with Crippen molar-refractivity contribution in [3.63, 3.8) is 0 Å².